The lowest BCUT2D eigenvalue weighted by molar-refractivity contribution is 0.474. The van der Waals surface area contributed by atoms with E-state index in [1.54, 1.807) is 18.5 Å². The highest BCUT2D eigenvalue weighted by molar-refractivity contribution is 6.32. The van der Waals surface area contributed by atoms with Crippen LogP contribution < -0.4 is 0 Å². The number of allylic oxidation sites excluding steroid dienone is 1. The number of aromatic hydroxyl groups is 1. The number of hydrogen-bond acceptors (Lipinski definition) is 2. The van der Waals surface area contributed by atoms with E-state index < -0.39 is 0 Å². The molecule has 0 spiro atoms. The van der Waals surface area contributed by atoms with Crippen molar-refractivity contribution in [2.45, 2.75) is 6.42 Å². The van der Waals surface area contributed by atoms with E-state index in [1.807, 2.05) is 12.1 Å². The first kappa shape index (κ1) is 8.32. The number of nitrogens with zero attached hydrogens (tertiary/aromatic N) is 1. The molecule has 1 aromatic rings. The number of phenolic OH excluding ortho intramolecular Hbond substituents is 1. The molecule has 1 aromatic carbocycles. The molecule has 0 aliphatic carbocycles. The van der Waals surface area contributed by atoms with E-state index in [0.717, 1.165) is 17.6 Å². The quantitative estimate of drug-likeness (QED) is 0.731. The van der Waals surface area contributed by atoms with Gasteiger partial charge in [-0.15, -0.1) is 0 Å². The average Bonchev–Trinajstić information content (AvgIpc) is 2.62. The molecule has 0 amide bonds. The van der Waals surface area contributed by atoms with Gasteiger partial charge in [0.25, 0.3) is 0 Å². The Kier molecular flexibility index (Phi) is 2.07. The first-order valence-corrected chi connectivity index (χ1v) is 4.35. The summed E-state index contributed by atoms with van der Waals surface area (Å²) in [5.41, 5.74) is 1.77. The van der Waals surface area contributed by atoms with Gasteiger partial charge in [-0.3, -0.25) is 4.99 Å². The summed E-state index contributed by atoms with van der Waals surface area (Å²) in [6.45, 7) is 0. The van der Waals surface area contributed by atoms with Crippen LogP contribution in [0.4, 0.5) is 0 Å². The Morgan fingerprint density at radius 3 is 2.92 bits per heavy atom. The van der Waals surface area contributed by atoms with Gasteiger partial charge in [-0.25, -0.2) is 0 Å². The van der Waals surface area contributed by atoms with Crippen LogP contribution in [0.2, 0.25) is 5.02 Å². The number of benzene rings is 1. The highest BCUT2D eigenvalue weighted by Gasteiger charge is 2.10. The molecule has 0 atom stereocenters. The van der Waals surface area contributed by atoms with Crippen molar-refractivity contribution in [1.29, 1.82) is 0 Å². The molecule has 66 valence electrons. The summed E-state index contributed by atoms with van der Waals surface area (Å²) in [4.78, 5) is 3.97. The maximum atomic E-state index is 9.63. The molecule has 0 aromatic heterocycles. The van der Waals surface area contributed by atoms with Crippen molar-refractivity contribution in [2.75, 3.05) is 0 Å². The number of hydrogen-bond donors (Lipinski definition) is 1. The van der Waals surface area contributed by atoms with Crippen LogP contribution in [0.15, 0.2) is 29.4 Å². The summed E-state index contributed by atoms with van der Waals surface area (Å²) in [5, 5.41) is 10.0. The third-order valence-corrected chi connectivity index (χ3v) is 2.28. The SMILES string of the molecule is Oc1c(Cl)cccc1C1=CN=CC1. The van der Waals surface area contributed by atoms with E-state index in [9.17, 15) is 5.11 Å². The van der Waals surface area contributed by atoms with Crippen molar-refractivity contribution in [3.8, 4) is 5.75 Å². The minimum atomic E-state index is 0.140. The molecule has 2 nitrogen and oxygen atoms in total. The summed E-state index contributed by atoms with van der Waals surface area (Å²) in [7, 11) is 0. The molecule has 2 rings (SSSR count). The van der Waals surface area contributed by atoms with Crippen LogP contribution in [0.25, 0.3) is 5.57 Å². The number of phenols is 1. The normalized spacial score (nSPS) is 14.7. The second-order valence-electron chi connectivity index (χ2n) is 2.83. The third-order valence-electron chi connectivity index (χ3n) is 1.98. The zero-order chi connectivity index (χ0) is 9.26. The molecule has 13 heavy (non-hydrogen) atoms. The van der Waals surface area contributed by atoms with Crippen molar-refractivity contribution in [3.05, 3.63) is 35.0 Å². The average molecular weight is 194 g/mol. The van der Waals surface area contributed by atoms with Crippen LogP contribution in [-0.2, 0) is 0 Å². The summed E-state index contributed by atoms with van der Waals surface area (Å²) in [6, 6.07) is 5.31. The Morgan fingerprint density at radius 1 is 1.38 bits per heavy atom. The molecule has 0 radical (unpaired) electrons. The first-order valence-electron chi connectivity index (χ1n) is 3.97. The highest BCUT2D eigenvalue weighted by Crippen LogP contribution is 2.34. The predicted octanol–water partition coefficient (Wildman–Crippen LogP) is 2.86. The lowest BCUT2D eigenvalue weighted by atomic mass is 10.0. The molecule has 1 aliphatic heterocycles. The minimum absolute atomic E-state index is 0.140. The molecule has 1 N–H and O–H groups in total. The van der Waals surface area contributed by atoms with Crippen molar-refractivity contribution in [1.82, 2.24) is 0 Å². The minimum Gasteiger partial charge on any atom is -0.506 e. The van der Waals surface area contributed by atoms with Crippen LogP contribution in [-0.4, -0.2) is 11.3 Å². The fourth-order valence-corrected chi connectivity index (χ4v) is 1.47. The van der Waals surface area contributed by atoms with Crippen LogP contribution in [0.1, 0.15) is 12.0 Å². The van der Waals surface area contributed by atoms with Crippen molar-refractivity contribution in [3.63, 3.8) is 0 Å². The van der Waals surface area contributed by atoms with Gasteiger partial charge in [-0.1, -0.05) is 23.7 Å². The van der Waals surface area contributed by atoms with E-state index >= 15 is 0 Å². The summed E-state index contributed by atoms with van der Waals surface area (Å²) in [6.07, 6.45) is 4.30. The molecule has 0 saturated carbocycles. The van der Waals surface area contributed by atoms with Gasteiger partial charge in [0.15, 0.2) is 0 Å². The first-order chi connectivity index (χ1) is 6.29. The fraction of sp³-hybridized carbons (Fsp3) is 0.100. The molecule has 0 fully saturated rings. The lowest BCUT2D eigenvalue weighted by Gasteiger charge is -2.05. The zero-order valence-corrected chi connectivity index (χ0v) is 7.62. The van der Waals surface area contributed by atoms with E-state index in [-0.39, 0.29) is 5.75 Å². The molecule has 0 saturated heterocycles. The largest absolute Gasteiger partial charge is 0.506 e. The fourth-order valence-electron chi connectivity index (χ4n) is 1.30. The van der Waals surface area contributed by atoms with Gasteiger partial charge in [0, 0.05) is 24.4 Å². The summed E-state index contributed by atoms with van der Waals surface area (Å²) >= 11 is 5.77. The summed E-state index contributed by atoms with van der Waals surface area (Å²) in [5.74, 6) is 0.140. The molecule has 0 unspecified atom stereocenters. The van der Waals surface area contributed by atoms with Gasteiger partial charge in [-0.2, -0.15) is 0 Å². The standard InChI is InChI=1S/C10H8ClNO/c11-9-3-1-2-8(10(9)13)7-4-5-12-6-7/h1-3,5-6,13H,4H2. The van der Waals surface area contributed by atoms with Gasteiger partial charge >= 0.3 is 0 Å². The molecule has 0 bridgehead atoms. The monoisotopic (exact) mass is 193 g/mol. The molecular formula is C10H8ClNO. The predicted molar refractivity (Wildman–Crippen MR) is 54.2 cm³/mol. The topological polar surface area (TPSA) is 32.6 Å². The van der Waals surface area contributed by atoms with Crippen molar-refractivity contribution < 1.29 is 5.11 Å². The van der Waals surface area contributed by atoms with Gasteiger partial charge in [-0.05, 0) is 11.6 Å². The van der Waals surface area contributed by atoms with Crippen LogP contribution in [0, 0.1) is 0 Å². The smallest absolute Gasteiger partial charge is 0.141 e. The van der Waals surface area contributed by atoms with Crippen molar-refractivity contribution in [2.24, 2.45) is 4.99 Å². The highest BCUT2D eigenvalue weighted by atomic mass is 35.5. The number of rotatable bonds is 1. The summed E-state index contributed by atoms with van der Waals surface area (Å²) < 4.78 is 0. The maximum Gasteiger partial charge on any atom is 0.141 e. The zero-order valence-electron chi connectivity index (χ0n) is 6.87. The Hall–Kier alpha value is -1.28. The van der Waals surface area contributed by atoms with E-state index in [0.29, 0.717) is 5.02 Å². The van der Waals surface area contributed by atoms with E-state index in [1.165, 1.54) is 0 Å². The number of halogens is 1. The maximum absolute atomic E-state index is 9.63. The number of para-hydroxylation sites is 1. The van der Waals surface area contributed by atoms with Gasteiger partial charge < -0.3 is 5.11 Å². The van der Waals surface area contributed by atoms with Crippen LogP contribution >= 0.6 is 11.6 Å². The van der Waals surface area contributed by atoms with Gasteiger partial charge in [0.1, 0.15) is 5.75 Å². The Labute approximate surface area is 81.2 Å². The molecular weight excluding hydrogens is 186 g/mol. The van der Waals surface area contributed by atoms with Crippen LogP contribution in [0.5, 0.6) is 5.75 Å². The Morgan fingerprint density at radius 2 is 2.23 bits per heavy atom. The molecule has 3 heteroatoms. The van der Waals surface area contributed by atoms with E-state index in [2.05, 4.69) is 4.99 Å². The Bertz CT molecular complexity index is 396. The van der Waals surface area contributed by atoms with Crippen molar-refractivity contribution >= 4 is 23.4 Å². The third kappa shape index (κ3) is 1.45. The van der Waals surface area contributed by atoms with Gasteiger partial charge in [0.2, 0.25) is 0 Å². The second-order valence-corrected chi connectivity index (χ2v) is 3.23. The lowest BCUT2D eigenvalue weighted by Crippen LogP contribution is -1.83. The second kappa shape index (κ2) is 3.23. The molecule has 1 aliphatic rings. The Balaban J connectivity index is 2.46. The van der Waals surface area contributed by atoms with Gasteiger partial charge in [0.05, 0.1) is 5.02 Å². The van der Waals surface area contributed by atoms with Crippen LogP contribution in [0.3, 0.4) is 0 Å². The molecule has 1 heterocycles. The van der Waals surface area contributed by atoms with E-state index in [4.69, 9.17) is 11.6 Å². The number of aliphatic imine (C=N–C) groups is 1.